The minimum atomic E-state index is 0. The Hall–Kier alpha value is -0.430. The molecule has 0 heterocycles. The van der Waals surface area contributed by atoms with Crippen LogP contribution in [-0.2, 0) is 13.0 Å². The second kappa shape index (κ2) is 11.2. The van der Waals surface area contributed by atoms with Crippen molar-refractivity contribution in [2.24, 2.45) is 4.99 Å². The van der Waals surface area contributed by atoms with Crippen LogP contribution in [0.25, 0.3) is 0 Å². The maximum atomic E-state index is 4.35. The van der Waals surface area contributed by atoms with Crippen LogP contribution in [-0.4, -0.2) is 43.0 Å². The summed E-state index contributed by atoms with van der Waals surface area (Å²) in [4.78, 5) is 6.51. The highest BCUT2D eigenvalue weighted by molar-refractivity contribution is 14.0. The molecule has 0 fully saturated rings. The molecule has 1 atom stereocenters. The van der Waals surface area contributed by atoms with Crippen molar-refractivity contribution in [1.82, 2.24) is 10.2 Å². The zero-order valence-electron chi connectivity index (χ0n) is 13.7. The van der Waals surface area contributed by atoms with E-state index in [1.54, 1.807) is 0 Å². The third-order valence-electron chi connectivity index (χ3n) is 3.37. The lowest BCUT2D eigenvalue weighted by molar-refractivity contribution is 0.477. The summed E-state index contributed by atoms with van der Waals surface area (Å²) in [5.74, 6) is 0.950. The van der Waals surface area contributed by atoms with E-state index in [1.165, 1.54) is 11.1 Å². The fourth-order valence-corrected chi connectivity index (χ4v) is 2.18. The van der Waals surface area contributed by atoms with Gasteiger partial charge in [0.15, 0.2) is 5.96 Å². The summed E-state index contributed by atoms with van der Waals surface area (Å²) in [5.41, 5.74) is 2.69. The molecule has 0 radical (unpaired) electrons. The van der Waals surface area contributed by atoms with E-state index in [2.05, 4.69) is 66.6 Å². The van der Waals surface area contributed by atoms with Gasteiger partial charge in [-0.05, 0) is 23.8 Å². The Morgan fingerprint density at radius 2 is 1.86 bits per heavy atom. The van der Waals surface area contributed by atoms with Crippen molar-refractivity contribution in [2.75, 3.05) is 26.9 Å². The summed E-state index contributed by atoms with van der Waals surface area (Å²) < 4.78 is 0. The molecule has 0 saturated heterocycles. The third kappa shape index (κ3) is 7.40. The SMILES string of the molecule is CCc1ccc(CN(C)C(=NC)NCC(C)SC)cc1.I. The Morgan fingerprint density at radius 3 is 2.33 bits per heavy atom. The first kappa shape index (κ1) is 20.6. The molecule has 0 spiro atoms. The minimum absolute atomic E-state index is 0. The van der Waals surface area contributed by atoms with E-state index < -0.39 is 0 Å². The van der Waals surface area contributed by atoms with Gasteiger partial charge in [-0.25, -0.2) is 0 Å². The number of aryl methyl sites for hydroxylation is 1. The molecule has 0 aliphatic heterocycles. The molecule has 0 aromatic heterocycles. The monoisotopic (exact) mass is 421 g/mol. The number of nitrogens with zero attached hydrogens (tertiary/aromatic N) is 2. The van der Waals surface area contributed by atoms with Crippen molar-refractivity contribution < 1.29 is 0 Å². The van der Waals surface area contributed by atoms with Crippen LogP contribution in [0.1, 0.15) is 25.0 Å². The zero-order chi connectivity index (χ0) is 15.0. The highest BCUT2D eigenvalue weighted by Gasteiger charge is 2.08. The van der Waals surface area contributed by atoms with Gasteiger partial charge in [-0.15, -0.1) is 24.0 Å². The van der Waals surface area contributed by atoms with Gasteiger partial charge in [0.1, 0.15) is 0 Å². The van der Waals surface area contributed by atoms with Gasteiger partial charge in [0, 0.05) is 32.4 Å². The molecule has 21 heavy (non-hydrogen) atoms. The number of aliphatic imine (C=N–C) groups is 1. The van der Waals surface area contributed by atoms with E-state index in [0.717, 1.165) is 25.5 Å². The molecule has 0 aliphatic carbocycles. The van der Waals surface area contributed by atoms with Crippen LogP contribution in [0.4, 0.5) is 0 Å². The van der Waals surface area contributed by atoms with Gasteiger partial charge >= 0.3 is 0 Å². The fourth-order valence-electron chi connectivity index (χ4n) is 1.93. The van der Waals surface area contributed by atoms with Crippen molar-refractivity contribution in [3.8, 4) is 0 Å². The molecular weight excluding hydrogens is 393 g/mol. The van der Waals surface area contributed by atoms with E-state index in [-0.39, 0.29) is 24.0 Å². The van der Waals surface area contributed by atoms with Crippen molar-refractivity contribution in [2.45, 2.75) is 32.1 Å². The topological polar surface area (TPSA) is 27.6 Å². The molecule has 0 aliphatic rings. The summed E-state index contributed by atoms with van der Waals surface area (Å²) in [6, 6.07) is 8.81. The molecule has 0 bridgehead atoms. The van der Waals surface area contributed by atoms with Gasteiger partial charge in [0.05, 0.1) is 0 Å². The van der Waals surface area contributed by atoms with E-state index >= 15 is 0 Å². The first-order chi connectivity index (χ1) is 9.60. The number of benzene rings is 1. The smallest absolute Gasteiger partial charge is 0.193 e. The Balaban J connectivity index is 0.00000400. The van der Waals surface area contributed by atoms with Gasteiger partial charge in [0.2, 0.25) is 0 Å². The van der Waals surface area contributed by atoms with Crippen LogP contribution in [0.5, 0.6) is 0 Å². The quantitative estimate of drug-likeness (QED) is 0.432. The standard InChI is InChI=1S/C16H27N3S.HI/c1-6-14-7-9-15(10-8-14)12-19(4)16(17-3)18-11-13(2)20-5;/h7-10,13H,6,11-12H2,1-5H3,(H,17,18);1H. The minimum Gasteiger partial charge on any atom is -0.355 e. The van der Waals surface area contributed by atoms with E-state index in [1.807, 2.05) is 18.8 Å². The Bertz CT molecular complexity index is 420. The lowest BCUT2D eigenvalue weighted by Gasteiger charge is -2.23. The maximum absolute atomic E-state index is 4.35. The predicted octanol–water partition coefficient (Wildman–Crippen LogP) is 3.63. The molecule has 120 valence electrons. The second-order valence-corrected chi connectivity index (χ2v) is 6.28. The van der Waals surface area contributed by atoms with E-state index in [4.69, 9.17) is 0 Å². The number of nitrogens with one attached hydrogen (secondary N) is 1. The average Bonchev–Trinajstić information content (AvgIpc) is 2.48. The highest BCUT2D eigenvalue weighted by Crippen LogP contribution is 2.08. The number of hydrogen-bond donors (Lipinski definition) is 1. The Morgan fingerprint density at radius 1 is 1.29 bits per heavy atom. The van der Waals surface area contributed by atoms with Gasteiger partial charge in [-0.1, -0.05) is 38.1 Å². The summed E-state index contributed by atoms with van der Waals surface area (Å²) in [6.07, 6.45) is 3.22. The summed E-state index contributed by atoms with van der Waals surface area (Å²) >= 11 is 1.86. The molecule has 1 unspecified atom stereocenters. The molecule has 0 amide bonds. The van der Waals surface area contributed by atoms with Crippen molar-refractivity contribution in [3.63, 3.8) is 0 Å². The summed E-state index contributed by atoms with van der Waals surface area (Å²) in [7, 11) is 3.91. The zero-order valence-corrected chi connectivity index (χ0v) is 16.9. The van der Waals surface area contributed by atoms with Crippen LogP contribution >= 0.6 is 35.7 Å². The molecule has 1 aromatic rings. The molecule has 1 rings (SSSR count). The number of hydrogen-bond acceptors (Lipinski definition) is 2. The lowest BCUT2D eigenvalue weighted by Crippen LogP contribution is -2.40. The Kier molecular flexibility index (Phi) is 11.0. The first-order valence-electron chi connectivity index (χ1n) is 7.13. The summed E-state index contributed by atoms with van der Waals surface area (Å²) in [5, 5.41) is 4.00. The molecule has 5 heteroatoms. The Labute approximate surface area is 151 Å². The van der Waals surface area contributed by atoms with Crippen molar-refractivity contribution in [3.05, 3.63) is 35.4 Å². The van der Waals surface area contributed by atoms with Gasteiger partial charge in [-0.2, -0.15) is 11.8 Å². The van der Waals surface area contributed by atoms with Gasteiger partial charge in [0.25, 0.3) is 0 Å². The van der Waals surface area contributed by atoms with Gasteiger partial charge < -0.3 is 10.2 Å². The lowest BCUT2D eigenvalue weighted by atomic mass is 10.1. The second-order valence-electron chi connectivity index (χ2n) is 5.00. The molecule has 3 nitrogen and oxygen atoms in total. The van der Waals surface area contributed by atoms with E-state index in [9.17, 15) is 0 Å². The van der Waals surface area contributed by atoms with Crippen LogP contribution in [0.2, 0.25) is 0 Å². The van der Waals surface area contributed by atoms with Crippen LogP contribution in [0.3, 0.4) is 0 Å². The van der Waals surface area contributed by atoms with Crippen LogP contribution < -0.4 is 5.32 Å². The normalized spacial score (nSPS) is 12.5. The number of halogens is 1. The summed E-state index contributed by atoms with van der Waals surface area (Å²) in [6.45, 7) is 6.21. The predicted molar refractivity (Wildman–Crippen MR) is 107 cm³/mol. The molecule has 1 aromatic carbocycles. The van der Waals surface area contributed by atoms with Crippen LogP contribution in [0, 0.1) is 0 Å². The molecular formula is C16H28IN3S. The van der Waals surface area contributed by atoms with Gasteiger partial charge in [-0.3, -0.25) is 4.99 Å². The van der Waals surface area contributed by atoms with Crippen molar-refractivity contribution in [1.29, 1.82) is 0 Å². The average molecular weight is 421 g/mol. The maximum Gasteiger partial charge on any atom is 0.193 e. The van der Waals surface area contributed by atoms with Crippen LogP contribution in [0.15, 0.2) is 29.3 Å². The number of rotatable bonds is 6. The van der Waals surface area contributed by atoms with Crippen molar-refractivity contribution >= 4 is 41.7 Å². The first-order valence-corrected chi connectivity index (χ1v) is 8.41. The third-order valence-corrected chi connectivity index (χ3v) is 4.35. The number of thioether (sulfide) groups is 1. The van der Waals surface area contributed by atoms with E-state index in [0.29, 0.717) is 5.25 Å². The highest BCUT2D eigenvalue weighted by atomic mass is 127. The molecule has 1 N–H and O–H groups in total. The largest absolute Gasteiger partial charge is 0.355 e. The number of guanidine groups is 1. The fraction of sp³-hybridized carbons (Fsp3) is 0.562. The molecule has 0 saturated carbocycles.